The largest absolute Gasteiger partial charge is 0.356 e. The summed E-state index contributed by atoms with van der Waals surface area (Å²) in [5, 5.41) is 2.27. The summed E-state index contributed by atoms with van der Waals surface area (Å²) in [6.07, 6.45) is 3.32. The fraction of sp³-hybridized carbons (Fsp3) is 0.889. The summed E-state index contributed by atoms with van der Waals surface area (Å²) in [6.45, 7) is 0.789. The normalized spacial score (nSPS) is 19.9. The Morgan fingerprint density at radius 1 is 1.67 bits per heavy atom. The van der Waals surface area contributed by atoms with Crippen molar-refractivity contribution in [3.63, 3.8) is 0 Å². The van der Waals surface area contributed by atoms with Gasteiger partial charge in [0.05, 0.1) is 7.85 Å². The highest BCUT2D eigenvalue weighted by molar-refractivity contribution is 7.96. The standard InChI is InChI=1S/C9H16B2N2OS/c1-13(11)5-4-7(6-2-3-6)8(10)12-9(14)15/h6-8H,2-5H2,1H3,(H2,12,14,15). The van der Waals surface area contributed by atoms with Crippen LogP contribution in [-0.4, -0.2) is 45.4 Å². The zero-order valence-electron chi connectivity index (χ0n) is 9.02. The fourth-order valence-corrected chi connectivity index (χ4v) is 1.98. The van der Waals surface area contributed by atoms with Crippen molar-refractivity contribution >= 4 is 33.7 Å². The van der Waals surface area contributed by atoms with Gasteiger partial charge in [-0.25, -0.2) is 0 Å². The van der Waals surface area contributed by atoms with Crippen LogP contribution in [0.25, 0.3) is 0 Å². The number of nitrogens with zero attached hydrogens (tertiary/aromatic N) is 1. The van der Waals surface area contributed by atoms with Crippen LogP contribution in [0.5, 0.6) is 0 Å². The molecule has 1 aliphatic rings. The molecule has 3 nitrogen and oxygen atoms in total. The molecule has 2 atom stereocenters. The number of nitrogens with one attached hydrogen (secondary N) is 1. The van der Waals surface area contributed by atoms with Crippen molar-refractivity contribution in [2.75, 3.05) is 13.6 Å². The molecule has 1 fully saturated rings. The van der Waals surface area contributed by atoms with Crippen molar-refractivity contribution in [1.82, 2.24) is 10.1 Å². The molecule has 0 heterocycles. The molecule has 6 heteroatoms. The van der Waals surface area contributed by atoms with Gasteiger partial charge in [-0.2, -0.15) is 0 Å². The van der Waals surface area contributed by atoms with Gasteiger partial charge in [0.1, 0.15) is 0 Å². The van der Waals surface area contributed by atoms with Crippen LogP contribution in [0.2, 0.25) is 0 Å². The molecule has 1 saturated carbocycles. The summed E-state index contributed by atoms with van der Waals surface area (Å²) in [5.74, 6) is 0.648. The highest BCUT2D eigenvalue weighted by Gasteiger charge is 2.34. The van der Waals surface area contributed by atoms with E-state index in [2.05, 4.69) is 17.9 Å². The Kier molecular flexibility index (Phi) is 5.06. The first kappa shape index (κ1) is 13.0. The average Bonchev–Trinajstić information content (AvgIpc) is 2.86. The molecule has 0 aromatic rings. The number of hydrogen-bond acceptors (Lipinski definition) is 2. The van der Waals surface area contributed by atoms with Gasteiger partial charge in [0.2, 0.25) is 0 Å². The first-order chi connectivity index (χ1) is 7.00. The summed E-state index contributed by atoms with van der Waals surface area (Å²) in [4.78, 5) is 12.4. The number of carbonyl (C=O) groups excluding carboxylic acids is 1. The van der Waals surface area contributed by atoms with Crippen LogP contribution < -0.4 is 5.32 Å². The van der Waals surface area contributed by atoms with Crippen LogP contribution in [-0.2, 0) is 0 Å². The zero-order valence-corrected chi connectivity index (χ0v) is 9.91. The van der Waals surface area contributed by atoms with E-state index in [4.69, 9.17) is 15.8 Å². The predicted octanol–water partition coefficient (Wildman–Crippen LogP) is 0.552. The van der Waals surface area contributed by atoms with E-state index in [1.165, 1.54) is 12.8 Å². The van der Waals surface area contributed by atoms with Crippen LogP contribution in [0.15, 0.2) is 0 Å². The van der Waals surface area contributed by atoms with E-state index < -0.39 is 0 Å². The minimum absolute atomic E-state index is 0.303. The topological polar surface area (TPSA) is 32.3 Å². The second kappa shape index (κ2) is 5.85. The van der Waals surface area contributed by atoms with Gasteiger partial charge in [-0.05, 0) is 50.6 Å². The molecular weight excluding hydrogens is 206 g/mol. The highest BCUT2D eigenvalue weighted by Crippen LogP contribution is 2.39. The Balaban J connectivity index is 2.38. The number of amides is 1. The lowest BCUT2D eigenvalue weighted by molar-refractivity contribution is 0.254. The third-order valence-corrected chi connectivity index (χ3v) is 2.92. The molecule has 0 saturated heterocycles. The lowest BCUT2D eigenvalue weighted by atomic mass is 9.79. The van der Waals surface area contributed by atoms with E-state index in [1.54, 1.807) is 4.81 Å². The van der Waals surface area contributed by atoms with E-state index in [-0.39, 0.29) is 11.2 Å². The Labute approximate surface area is 99.6 Å². The van der Waals surface area contributed by atoms with Crippen LogP contribution >= 0.6 is 12.6 Å². The van der Waals surface area contributed by atoms with Crippen molar-refractivity contribution in [1.29, 1.82) is 0 Å². The Morgan fingerprint density at radius 3 is 2.67 bits per heavy atom. The van der Waals surface area contributed by atoms with Crippen molar-refractivity contribution in [2.45, 2.75) is 25.2 Å². The number of rotatable bonds is 6. The van der Waals surface area contributed by atoms with Crippen LogP contribution in [0.4, 0.5) is 4.79 Å². The summed E-state index contributed by atoms with van der Waals surface area (Å²) in [7, 11) is 13.3. The van der Waals surface area contributed by atoms with Crippen molar-refractivity contribution < 1.29 is 4.79 Å². The van der Waals surface area contributed by atoms with Gasteiger partial charge in [-0.1, -0.05) is 12.6 Å². The lowest BCUT2D eigenvalue weighted by Gasteiger charge is -2.26. The Hall–Kier alpha value is -0.0901. The molecular formula is C9H16B2N2OS. The average molecular weight is 222 g/mol. The van der Waals surface area contributed by atoms with Gasteiger partial charge in [-0.3, -0.25) is 4.79 Å². The number of carbonyl (C=O) groups is 1. The van der Waals surface area contributed by atoms with Crippen LogP contribution in [0, 0.1) is 11.8 Å². The molecule has 0 aromatic heterocycles. The molecule has 1 amide bonds. The smallest absolute Gasteiger partial charge is 0.275 e. The second-order valence-corrected chi connectivity index (χ2v) is 4.65. The SMILES string of the molecule is [B]C(NC(=O)S)C(CCN([B])C)C1CC1. The maximum atomic E-state index is 10.8. The quantitative estimate of drug-likeness (QED) is 0.508. The maximum Gasteiger partial charge on any atom is 0.275 e. The first-order valence-corrected chi connectivity index (χ1v) is 5.66. The first-order valence-electron chi connectivity index (χ1n) is 5.21. The Morgan fingerprint density at radius 2 is 2.27 bits per heavy atom. The molecule has 1 N–H and O–H groups in total. The predicted molar refractivity (Wildman–Crippen MR) is 66.3 cm³/mol. The summed E-state index contributed by atoms with van der Waals surface area (Å²) < 4.78 is 0. The zero-order chi connectivity index (χ0) is 11.4. The van der Waals surface area contributed by atoms with Crippen molar-refractivity contribution in [2.24, 2.45) is 11.8 Å². The monoisotopic (exact) mass is 222 g/mol. The Bertz CT molecular complexity index is 224. The van der Waals surface area contributed by atoms with E-state index in [0.717, 1.165) is 13.0 Å². The van der Waals surface area contributed by atoms with Gasteiger partial charge < -0.3 is 10.1 Å². The molecule has 1 aliphatic carbocycles. The minimum Gasteiger partial charge on any atom is -0.356 e. The molecule has 0 spiro atoms. The molecule has 0 bridgehead atoms. The van der Waals surface area contributed by atoms with E-state index in [1.807, 2.05) is 7.05 Å². The van der Waals surface area contributed by atoms with E-state index >= 15 is 0 Å². The third-order valence-electron chi connectivity index (χ3n) is 2.79. The molecule has 1 rings (SSSR count). The molecule has 15 heavy (non-hydrogen) atoms. The number of hydrogen-bond donors (Lipinski definition) is 2. The number of thiol groups is 1. The lowest BCUT2D eigenvalue weighted by Crippen LogP contribution is -2.40. The molecule has 80 valence electrons. The van der Waals surface area contributed by atoms with Crippen molar-refractivity contribution in [3.05, 3.63) is 0 Å². The molecule has 0 aliphatic heterocycles. The molecule has 4 radical (unpaired) electrons. The van der Waals surface area contributed by atoms with Crippen LogP contribution in [0.3, 0.4) is 0 Å². The maximum absolute atomic E-state index is 10.8. The summed E-state index contributed by atoms with van der Waals surface area (Å²) >= 11 is 3.66. The van der Waals surface area contributed by atoms with E-state index in [9.17, 15) is 4.79 Å². The minimum atomic E-state index is -0.366. The van der Waals surface area contributed by atoms with Gasteiger partial charge in [0.15, 0.2) is 7.98 Å². The highest BCUT2D eigenvalue weighted by atomic mass is 32.1. The van der Waals surface area contributed by atoms with Crippen molar-refractivity contribution in [3.8, 4) is 0 Å². The van der Waals surface area contributed by atoms with E-state index in [0.29, 0.717) is 11.8 Å². The molecule has 0 aromatic carbocycles. The fourth-order valence-electron chi connectivity index (χ4n) is 1.84. The summed E-state index contributed by atoms with van der Waals surface area (Å²) in [6, 6.07) is 0. The summed E-state index contributed by atoms with van der Waals surface area (Å²) in [5.41, 5.74) is 0. The van der Waals surface area contributed by atoms with Gasteiger partial charge in [0.25, 0.3) is 5.24 Å². The van der Waals surface area contributed by atoms with Gasteiger partial charge in [0, 0.05) is 0 Å². The van der Waals surface area contributed by atoms with Gasteiger partial charge in [-0.15, -0.1) is 0 Å². The molecule has 2 unspecified atom stereocenters. The van der Waals surface area contributed by atoms with Gasteiger partial charge >= 0.3 is 0 Å². The third kappa shape index (κ3) is 4.98. The second-order valence-electron chi connectivity index (χ2n) is 4.25. The van der Waals surface area contributed by atoms with Crippen LogP contribution in [0.1, 0.15) is 19.3 Å².